The molecule has 1 N–H and O–H groups in total. The van der Waals surface area contributed by atoms with Crippen LogP contribution in [0.25, 0.3) is 0 Å². The smallest absolute Gasteiger partial charge is 0.214 e. The highest BCUT2D eigenvalue weighted by atomic mass is 35.5. The average molecular weight is 431 g/mol. The summed E-state index contributed by atoms with van der Waals surface area (Å²) in [6, 6.07) is 5.39. The molecule has 4 nitrogen and oxygen atoms in total. The molecule has 1 aromatic carbocycles. The van der Waals surface area contributed by atoms with Gasteiger partial charge in [0.1, 0.15) is 21.6 Å². The number of benzene rings is 1. The van der Waals surface area contributed by atoms with E-state index in [4.69, 9.17) is 11.6 Å². The number of pyridine rings is 1. The largest absolute Gasteiger partial charge is 0.368 e. The third kappa shape index (κ3) is 4.04. The number of aromatic nitrogens is 1. The second kappa shape index (κ2) is 8.39. The van der Waals surface area contributed by atoms with Crippen molar-refractivity contribution in [3.63, 3.8) is 0 Å². The molecular weight excluding hydrogens is 409 g/mol. The van der Waals surface area contributed by atoms with Crippen LogP contribution in [0.3, 0.4) is 0 Å². The quantitative estimate of drug-likeness (QED) is 0.387. The second-order valence-electron chi connectivity index (χ2n) is 7.03. The van der Waals surface area contributed by atoms with Crippen LogP contribution in [0.5, 0.6) is 0 Å². The first-order valence-corrected chi connectivity index (χ1v) is 10.1. The molecule has 9 heteroatoms. The highest BCUT2D eigenvalue weighted by Gasteiger charge is 2.39. The molecule has 0 amide bonds. The first-order chi connectivity index (χ1) is 13.3. The van der Waals surface area contributed by atoms with Gasteiger partial charge in [0.15, 0.2) is 5.82 Å². The van der Waals surface area contributed by atoms with Gasteiger partial charge in [0.05, 0.1) is 5.69 Å². The highest BCUT2D eigenvalue weighted by molar-refractivity contribution is 8.00. The van der Waals surface area contributed by atoms with E-state index < -0.39 is 17.6 Å². The Morgan fingerprint density at radius 2 is 2.07 bits per heavy atom. The van der Waals surface area contributed by atoms with Gasteiger partial charge < -0.3 is 14.5 Å². The van der Waals surface area contributed by atoms with E-state index in [2.05, 4.69) is 21.5 Å². The van der Waals surface area contributed by atoms with Crippen molar-refractivity contribution in [3.05, 3.63) is 46.9 Å². The van der Waals surface area contributed by atoms with E-state index in [0.717, 1.165) is 12.8 Å². The van der Waals surface area contributed by atoms with Gasteiger partial charge in [-0.3, -0.25) is 0 Å². The number of anilines is 2. The molecule has 3 rings (SSSR count). The third-order valence-corrected chi connectivity index (χ3v) is 6.60. The van der Waals surface area contributed by atoms with Gasteiger partial charge in [-0.05, 0) is 51.0 Å². The van der Waals surface area contributed by atoms with Gasteiger partial charge >= 0.3 is 0 Å². The van der Waals surface area contributed by atoms with E-state index in [1.807, 2.05) is 19.0 Å². The van der Waals surface area contributed by atoms with E-state index in [1.54, 1.807) is 0 Å². The first kappa shape index (κ1) is 21.1. The highest BCUT2D eigenvalue weighted by Crippen LogP contribution is 2.40. The predicted molar refractivity (Wildman–Crippen MR) is 109 cm³/mol. The average Bonchev–Trinajstić information content (AvgIpc) is 3.10. The van der Waals surface area contributed by atoms with E-state index in [1.165, 1.54) is 24.3 Å². The van der Waals surface area contributed by atoms with E-state index in [-0.39, 0.29) is 21.3 Å². The number of rotatable bonds is 6. The topological polar surface area (TPSA) is 31.4 Å². The minimum atomic E-state index is -0.843. The molecule has 1 saturated heterocycles. The molecule has 28 heavy (non-hydrogen) atoms. The van der Waals surface area contributed by atoms with Gasteiger partial charge in [0.25, 0.3) is 0 Å². The summed E-state index contributed by atoms with van der Waals surface area (Å²) in [4.78, 5) is 7.40. The summed E-state index contributed by atoms with van der Waals surface area (Å²) in [5.74, 6) is -2.11. The van der Waals surface area contributed by atoms with Crippen molar-refractivity contribution in [1.82, 2.24) is 9.88 Å². The van der Waals surface area contributed by atoms with Crippen LogP contribution in [0.15, 0.2) is 29.2 Å². The SMILES string of the molecule is CCC1(N(C)C)CCN(c2cc(F)c(SNc3cccc(F)n3)c(F)c2Cl)C1. The number of nitrogens with zero attached hydrogens (tertiary/aromatic N) is 3. The monoisotopic (exact) mass is 430 g/mol. The molecule has 1 aromatic heterocycles. The van der Waals surface area contributed by atoms with Gasteiger partial charge in [0, 0.05) is 24.7 Å². The standard InChI is InChI=1S/C19H22ClF3N4S/c1-4-19(26(2)3)8-9-27(11-19)13-10-12(21)18(17(23)16(13)20)28-25-15-7-5-6-14(22)24-15/h5-7,10H,4,8-9,11H2,1-3H3,(H,24,25). The fourth-order valence-corrected chi connectivity index (χ4v) is 4.48. The Labute approximate surface area is 172 Å². The van der Waals surface area contributed by atoms with Crippen LogP contribution in [0.4, 0.5) is 24.7 Å². The maximum absolute atomic E-state index is 14.8. The Kier molecular flexibility index (Phi) is 6.31. The maximum atomic E-state index is 14.8. The van der Waals surface area contributed by atoms with Gasteiger partial charge in [-0.25, -0.2) is 13.8 Å². The second-order valence-corrected chi connectivity index (χ2v) is 8.22. The normalized spacial score (nSPS) is 19.5. The Morgan fingerprint density at radius 3 is 2.68 bits per heavy atom. The van der Waals surface area contributed by atoms with Crippen molar-refractivity contribution in [2.45, 2.75) is 30.2 Å². The summed E-state index contributed by atoms with van der Waals surface area (Å²) >= 11 is 6.93. The number of hydrogen-bond acceptors (Lipinski definition) is 5. The van der Waals surface area contributed by atoms with Crippen LogP contribution in [0.2, 0.25) is 5.02 Å². The minimum Gasteiger partial charge on any atom is -0.368 e. The molecule has 152 valence electrons. The van der Waals surface area contributed by atoms with Crippen molar-refractivity contribution in [2.75, 3.05) is 36.8 Å². The van der Waals surface area contributed by atoms with Gasteiger partial charge in [-0.1, -0.05) is 24.6 Å². The number of hydrogen-bond donors (Lipinski definition) is 1. The molecule has 0 bridgehead atoms. The number of halogens is 4. The fraction of sp³-hybridized carbons (Fsp3) is 0.421. The van der Waals surface area contributed by atoms with Crippen molar-refractivity contribution in [2.24, 2.45) is 0 Å². The molecule has 0 aliphatic carbocycles. The van der Waals surface area contributed by atoms with Gasteiger partial charge in [-0.2, -0.15) is 4.39 Å². The fourth-order valence-electron chi connectivity index (χ4n) is 3.49. The Morgan fingerprint density at radius 1 is 1.32 bits per heavy atom. The molecule has 0 radical (unpaired) electrons. The summed E-state index contributed by atoms with van der Waals surface area (Å²) < 4.78 is 45.3. The summed E-state index contributed by atoms with van der Waals surface area (Å²) in [5, 5.41) is -0.122. The molecule has 1 aliphatic rings. The van der Waals surface area contributed by atoms with Crippen LogP contribution in [0.1, 0.15) is 19.8 Å². The lowest BCUT2D eigenvalue weighted by Gasteiger charge is -2.35. The Bertz CT molecular complexity index is 867. The van der Waals surface area contributed by atoms with E-state index in [9.17, 15) is 13.2 Å². The number of likely N-dealkylation sites (N-methyl/N-ethyl adjacent to an activating group) is 1. The maximum Gasteiger partial charge on any atom is 0.214 e. The molecule has 0 spiro atoms. The zero-order valence-electron chi connectivity index (χ0n) is 15.9. The lowest BCUT2D eigenvalue weighted by atomic mass is 9.94. The van der Waals surface area contributed by atoms with Crippen LogP contribution in [0, 0.1) is 17.6 Å². The van der Waals surface area contributed by atoms with Crippen molar-refractivity contribution in [3.8, 4) is 0 Å². The molecule has 1 unspecified atom stereocenters. The lowest BCUT2D eigenvalue weighted by molar-refractivity contribution is 0.169. The molecule has 1 fully saturated rings. The molecule has 2 heterocycles. The van der Waals surface area contributed by atoms with E-state index in [0.29, 0.717) is 30.7 Å². The predicted octanol–water partition coefficient (Wildman–Crippen LogP) is 5.19. The lowest BCUT2D eigenvalue weighted by Crippen LogP contribution is -2.46. The Balaban J connectivity index is 1.83. The summed E-state index contributed by atoms with van der Waals surface area (Å²) in [7, 11) is 4.03. The molecule has 2 aromatic rings. The molecular formula is C19H22ClF3N4S. The summed E-state index contributed by atoms with van der Waals surface area (Å²) in [5.41, 5.74) is 0.302. The summed E-state index contributed by atoms with van der Waals surface area (Å²) in [6.45, 7) is 3.42. The molecule has 1 aliphatic heterocycles. The molecule has 1 atom stereocenters. The zero-order valence-corrected chi connectivity index (χ0v) is 17.5. The third-order valence-electron chi connectivity index (χ3n) is 5.35. The van der Waals surface area contributed by atoms with Crippen molar-refractivity contribution in [1.29, 1.82) is 0 Å². The van der Waals surface area contributed by atoms with Crippen molar-refractivity contribution >= 4 is 35.1 Å². The van der Waals surface area contributed by atoms with Crippen LogP contribution >= 0.6 is 23.5 Å². The van der Waals surface area contributed by atoms with E-state index >= 15 is 0 Å². The van der Waals surface area contributed by atoms with Gasteiger partial charge in [-0.15, -0.1) is 0 Å². The van der Waals surface area contributed by atoms with Crippen LogP contribution in [-0.2, 0) is 0 Å². The van der Waals surface area contributed by atoms with Crippen LogP contribution in [-0.4, -0.2) is 42.6 Å². The first-order valence-electron chi connectivity index (χ1n) is 8.92. The Hall–Kier alpha value is -1.64. The number of nitrogens with one attached hydrogen (secondary N) is 1. The van der Waals surface area contributed by atoms with Crippen LogP contribution < -0.4 is 9.62 Å². The zero-order chi connectivity index (χ0) is 20.5. The van der Waals surface area contributed by atoms with Crippen molar-refractivity contribution < 1.29 is 13.2 Å². The minimum absolute atomic E-state index is 0.0473. The summed E-state index contributed by atoms with van der Waals surface area (Å²) in [6.07, 6.45) is 1.82. The van der Waals surface area contributed by atoms with Gasteiger partial charge in [0.2, 0.25) is 5.95 Å². The molecule has 0 saturated carbocycles.